The maximum atomic E-state index is 11.4. The average molecular weight is 425 g/mol. The maximum Gasteiger partial charge on any atom is 0.152 e. The number of rotatable bonds is 8. The van der Waals surface area contributed by atoms with E-state index in [2.05, 4.69) is 19.1 Å². The Morgan fingerprint density at radius 1 is 0.969 bits per heavy atom. The molecule has 0 fully saturated rings. The highest BCUT2D eigenvalue weighted by atomic mass is 16.5. The van der Waals surface area contributed by atoms with Gasteiger partial charge >= 0.3 is 0 Å². The number of methoxy groups -OCH3 is 1. The molecule has 0 saturated carbocycles. The highest BCUT2D eigenvalue weighted by Crippen LogP contribution is 2.37. The van der Waals surface area contributed by atoms with Crippen LogP contribution in [0.15, 0.2) is 72.8 Å². The minimum atomic E-state index is -0.0184. The molecule has 3 aromatic carbocycles. The summed E-state index contributed by atoms with van der Waals surface area (Å²) >= 11 is 0. The molecule has 0 amide bonds. The fourth-order valence-corrected chi connectivity index (χ4v) is 3.75. The molecule has 0 aromatic heterocycles. The van der Waals surface area contributed by atoms with Crippen molar-refractivity contribution >= 4 is 34.9 Å². The van der Waals surface area contributed by atoms with Crippen molar-refractivity contribution in [2.24, 2.45) is 0 Å². The average Bonchev–Trinajstić information content (AvgIpc) is 2.82. The number of ketones is 1. The van der Waals surface area contributed by atoms with Crippen molar-refractivity contribution in [3.05, 3.63) is 101 Å². The van der Waals surface area contributed by atoms with E-state index in [1.165, 1.54) is 24.8 Å². The van der Waals surface area contributed by atoms with Crippen LogP contribution in [0.2, 0.25) is 0 Å². The third kappa shape index (κ3) is 5.03. The van der Waals surface area contributed by atoms with Gasteiger partial charge in [-0.15, -0.1) is 0 Å². The van der Waals surface area contributed by atoms with Gasteiger partial charge in [-0.2, -0.15) is 0 Å². The normalized spacial score (nSPS) is 11.8. The molecular weight excluding hydrogens is 396 g/mol. The quantitative estimate of drug-likeness (QED) is 0.194. The van der Waals surface area contributed by atoms with Gasteiger partial charge in [0, 0.05) is 23.0 Å². The predicted molar refractivity (Wildman–Crippen MR) is 134 cm³/mol. The fourth-order valence-electron chi connectivity index (χ4n) is 3.75. The Hall–Kier alpha value is -3.92. The van der Waals surface area contributed by atoms with Crippen LogP contribution < -0.4 is 10.5 Å². The van der Waals surface area contributed by atoms with Crippen LogP contribution in [0.5, 0.6) is 5.75 Å². The van der Waals surface area contributed by atoms with Gasteiger partial charge in [0.15, 0.2) is 5.78 Å². The molecule has 4 nitrogen and oxygen atoms in total. The molecule has 0 atom stereocenters. The molecule has 0 saturated heterocycles. The van der Waals surface area contributed by atoms with Gasteiger partial charge in [-0.3, -0.25) is 4.79 Å². The Kier molecular flexibility index (Phi) is 7.40. The zero-order valence-electron chi connectivity index (χ0n) is 18.7. The van der Waals surface area contributed by atoms with Gasteiger partial charge in [-0.05, 0) is 71.5 Å². The van der Waals surface area contributed by atoms with E-state index in [9.17, 15) is 4.79 Å². The van der Waals surface area contributed by atoms with Gasteiger partial charge in [-0.25, -0.2) is 0 Å². The molecule has 3 aromatic rings. The fraction of sp³-hybridized carbons (Fsp3) is 0.143. The van der Waals surface area contributed by atoms with Gasteiger partial charge in [0.1, 0.15) is 5.75 Å². The third-order valence-electron chi connectivity index (χ3n) is 5.33. The van der Waals surface area contributed by atoms with Gasteiger partial charge < -0.3 is 15.9 Å². The molecule has 0 spiro atoms. The van der Waals surface area contributed by atoms with Crippen LogP contribution in [0.3, 0.4) is 0 Å². The monoisotopic (exact) mass is 424 g/mol. The van der Waals surface area contributed by atoms with E-state index in [0.29, 0.717) is 17.0 Å². The summed E-state index contributed by atoms with van der Waals surface area (Å²) in [5, 5.41) is 7.74. The molecule has 0 unspecified atom stereocenters. The number of carbonyl (C=O) groups excluding carboxylic acids is 1. The Balaban J connectivity index is 2.30. The molecule has 0 aliphatic heterocycles. The summed E-state index contributed by atoms with van der Waals surface area (Å²) in [4.78, 5) is 11.4. The van der Waals surface area contributed by atoms with Crippen LogP contribution in [-0.2, 0) is 4.79 Å². The lowest BCUT2D eigenvalue weighted by Gasteiger charge is -2.18. The summed E-state index contributed by atoms with van der Waals surface area (Å²) in [7, 11) is 1.63. The first-order valence-electron chi connectivity index (χ1n) is 10.5. The second-order valence-corrected chi connectivity index (χ2v) is 7.46. The van der Waals surface area contributed by atoms with Crippen LogP contribution in [0.4, 0.5) is 5.69 Å². The summed E-state index contributed by atoms with van der Waals surface area (Å²) in [6.07, 6.45) is 5.40. The molecule has 4 heteroatoms. The van der Waals surface area contributed by atoms with Crippen molar-refractivity contribution in [1.29, 1.82) is 5.41 Å². The first-order valence-corrected chi connectivity index (χ1v) is 10.5. The SMILES string of the molecule is CC/C(=C(\c1ccc(N)c(C=N)c1)c1ccc(/C=C/C(C)=O)c(OC)c1)c1ccccc1. The number of hydrogen-bond donors (Lipinski definition) is 2. The van der Waals surface area contributed by atoms with E-state index in [1.54, 1.807) is 13.2 Å². The number of benzene rings is 3. The highest BCUT2D eigenvalue weighted by molar-refractivity contribution is 6.00. The van der Waals surface area contributed by atoms with Crippen LogP contribution in [0.1, 0.15) is 48.1 Å². The Morgan fingerprint density at radius 2 is 1.66 bits per heavy atom. The van der Waals surface area contributed by atoms with Gasteiger partial charge in [0.2, 0.25) is 0 Å². The maximum absolute atomic E-state index is 11.4. The number of nitrogen functional groups attached to an aromatic ring is 1. The zero-order chi connectivity index (χ0) is 23.1. The van der Waals surface area contributed by atoms with E-state index in [4.69, 9.17) is 15.9 Å². The molecule has 0 bridgehead atoms. The number of hydrogen-bond acceptors (Lipinski definition) is 4. The summed E-state index contributed by atoms with van der Waals surface area (Å²) in [6.45, 7) is 3.66. The molecule has 0 heterocycles. The van der Waals surface area contributed by atoms with Crippen LogP contribution in [0.25, 0.3) is 17.2 Å². The van der Waals surface area contributed by atoms with Gasteiger partial charge in [-0.1, -0.05) is 55.5 Å². The minimum Gasteiger partial charge on any atom is -0.496 e. The van der Waals surface area contributed by atoms with Crippen LogP contribution in [0, 0.1) is 5.41 Å². The molecule has 32 heavy (non-hydrogen) atoms. The van der Waals surface area contributed by atoms with Crippen LogP contribution >= 0.6 is 0 Å². The molecule has 162 valence electrons. The van der Waals surface area contributed by atoms with E-state index in [1.807, 2.05) is 54.6 Å². The molecule has 3 N–H and O–H groups in total. The van der Waals surface area contributed by atoms with E-state index in [-0.39, 0.29) is 5.78 Å². The third-order valence-corrected chi connectivity index (χ3v) is 5.33. The highest BCUT2D eigenvalue weighted by Gasteiger charge is 2.16. The van der Waals surface area contributed by atoms with Crippen LogP contribution in [-0.4, -0.2) is 19.1 Å². The smallest absolute Gasteiger partial charge is 0.152 e. The molecular formula is C28H28N2O2. The number of nitrogens with one attached hydrogen (secondary N) is 1. The summed E-state index contributed by atoms with van der Waals surface area (Å²) in [6, 6.07) is 22.1. The summed E-state index contributed by atoms with van der Waals surface area (Å²) in [5.41, 5.74) is 13.5. The van der Waals surface area contributed by atoms with Crippen molar-refractivity contribution in [3.8, 4) is 5.75 Å². The molecule has 0 radical (unpaired) electrons. The van der Waals surface area contributed by atoms with Crippen molar-refractivity contribution < 1.29 is 9.53 Å². The first kappa shape index (κ1) is 22.8. The summed E-state index contributed by atoms with van der Waals surface area (Å²) in [5.74, 6) is 0.666. The first-order chi connectivity index (χ1) is 15.5. The second-order valence-electron chi connectivity index (χ2n) is 7.46. The number of allylic oxidation sites excluding steroid dienone is 2. The molecule has 3 rings (SSSR count). The second kappa shape index (κ2) is 10.4. The Morgan fingerprint density at radius 3 is 2.28 bits per heavy atom. The molecule has 0 aliphatic rings. The minimum absolute atomic E-state index is 0.0184. The van der Waals surface area contributed by atoms with Crippen molar-refractivity contribution in [2.45, 2.75) is 20.3 Å². The van der Waals surface area contributed by atoms with Gasteiger partial charge in [0.25, 0.3) is 0 Å². The van der Waals surface area contributed by atoms with Crippen molar-refractivity contribution in [3.63, 3.8) is 0 Å². The van der Waals surface area contributed by atoms with Gasteiger partial charge in [0.05, 0.1) is 7.11 Å². The molecule has 0 aliphatic carbocycles. The predicted octanol–water partition coefficient (Wildman–Crippen LogP) is 6.25. The lowest BCUT2D eigenvalue weighted by atomic mass is 9.87. The van der Waals surface area contributed by atoms with E-state index in [0.717, 1.165) is 34.2 Å². The van der Waals surface area contributed by atoms with Crippen molar-refractivity contribution in [2.75, 3.05) is 12.8 Å². The topological polar surface area (TPSA) is 76.2 Å². The Labute approximate surface area is 189 Å². The standard InChI is InChI=1S/C28H28N2O2/c1-4-25(20-8-6-5-7-9-20)28(22-14-15-26(30)24(16-22)18-29)23-13-12-21(11-10-19(2)31)27(17-23)32-3/h5-18,29H,4,30H2,1-3H3/b11-10+,28-25-,29-18?. The Bertz CT molecular complexity index is 1190. The van der Waals surface area contributed by atoms with Crippen molar-refractivity contribution in [1.82, 2.24) is 0 Å². The zero-order valence-corrected chi connectivity index (χ0v) is 18.7. The number of nitrogens with two attached hydrogens (primary N) is 1. The van der Waals surface area contributed by atoms with E-state index < -0.39 is 0 Å². The number of anilines is 1. The lowest BCUT2D eigenvalue weighted by molar-refractivity contribution is -0.112. The largest absolute Gasteiger partial charge is 0.496 e. The summed E-state index contributed by atoms with van der Waals surface area (Å²) < 4.78 is 5.65. The lowest BCUT2D eigenvalue weighted by Crippen LogP contribution is -1.99. The number of ether oxygens (including phenoxy) is 1. The van der Waals surface area contributed by atoms with E-state index >= 15 is 0 Å². The number of carbonyl (C=O) groups is 1.